The van der Waals surface area contributed by atoms with Crippen LogP contribution in [0.3, 0.4) is 0 Å². The van der Waals surface area contributed by atoms with Gasteiger partial charge in [-0.2, -0.15) is 0 Å². The van der Waals surface area contributed by atoms with E-state index in [1.54, 1.807) is 12.1 Å². The van der Waals surface area contributed by atoms with Gasteiger partial charge >= 0.3 is 0 Å². The quantitative estimate of drug-likeness (QED) is 0.469. The molecule has 0 amide bonds. The smallest absolute Gasteiger partial charge is 0.269 e. The molecule has 138 valence electrons. The van der Waals surface area contributed by atoms with E-state index in [9.17, 15) is 10.1 Å². The zero-order valence-electron chi connectivity index (χ0n) is 15.7. The summed E-state index contributed by atoms with van der Waals surface area (Å²) in [4.78, 5) is 10.9. The molecule has 4 heteroatoms. The third kappa shape index (κ3) is 4.80. The SMILES string of the molecule is Cc1ccc(C(NCCc2ccccc2)c2cccc([N+](=O)[O-])c2)cc1C. The van der Waals surface area contributed by atoms with Gasteiger partial charge in [0.25, 0.3) is 5.69 Å². The predicted octanol–water partition coefficient (Wildman–Crippen LogP) is 5.13. The highest BCUT2D eigenvalue weighted by Crippen LogP contribution is 2.26. The second-order valence-corrected chi connectivity index (χ2v) is 6.82. The van der Waals surface area contributed by atoms with Gasteiger partial charge in [-0.15, -0.1) is 0 Å². The summed E-state index contributed by atoms with van der Waals surface area (Å²) in [6, 6.07) is 23.5. The van der Waals surface area contributed by atoms with E-state index in [1.165, 1.54) is 22.8 Å². The molecule has 0 aromatic heterocycles. The van der Waals surface area contributed by atoms with Gasteiger partial charge in [0.1, 0.15) is 0 Å². The fourth-order valence-electron chi connectivity index (χ4n) is 3.20. The molecule has 0 saturated carbocycles. The van der Waals surface area contributed by atoms with Crippen molar-refractivity contribution in [3.63, 3.8) is 0 Å². The van der Waals surface area contributed by atoms with Crippen LogP contribution >= 0.6 is 0 Å². The first-order chi connectivity index (χ1) is 13.0. The molecule has 0 spiro atoms. The van der Waals surface area contributed by atoms with Gasteiger partial charge in [-0.25, -0.2) is 0 Å². The largest absolute Gasteiger partial charge is 0.306 e. The fourth-order valence-corrected chi connectivity index (χ4v) is 3.20. The number of rotatable bonds is 7. The number of nitrogens with zero attached hydrogens (tertiary/aromatic N) is 1. The van der Waals surface area contributed by atoms with Gasteiger partial charge in [0.2, 0.25) is 0 Å². The van der Waals surface area contributed by atoms with Crippen LogP contribution in [-0.2, 0) is 6.42 Å². The number of nitro groups is 1. The number of nitrogens with one attached hydrogen (secondary N) is 1. The third-order valence-corrected chi connectivity index (χ3v) is 4.88. The van der Waals surface area contributed by atoms with Crippen LogP contribution in [-0.4, -0.2) is 11.5 Å². The Morgan fingerprint density at radius 2 is 1.63 bits per heavy atom. The Kier molecular flexibility index (Phi) is 5.99. The standard InChI is InChI=1S/C23H24N2O2/c1-17-11-12-21(15-18(17)2)23(20-9-6-10-22(16-20)25(26)27)24-14-13-19-7-4-3-5-8-19/h3-12,15-16,23-24H,13-14H2,1-2H3. The number of nitro benzene ring substituents is 1. The van der Waals surface area contributed by atoms with E-state index in [4.69, 9.17) is 0 Å². The Bertz CT molecular complexity index is 923. The van der Waals surface area contributed by atoms with E-state index in [2.05, 4.69) is 49.5 Å². The lowest BCUT2D eigenvalue weighted by Gasteiger charge is -2.21. The third-order valence-electron chi connectivity index (χ3n) is 4.88. The minimum Gasteiger partial charge on any atom is -0.306 e. The number of aryl methyl sites for hydroxylation is 2. The van der Waals surface area contributed by atoms with E-state index in [0.29, 0.717) is 0 Å². The highest BCUT2D eigenvalue weighted by Gasteiger charge is 2.17. The van der Waals surface area contributed by atoms with Gasteiger partial charge < -0.3 is 5.32 Å². The van der Waals surface area contributed by atoms with Crippen molar-refractivity contribution >= 4 is 5.69 Å². The normalized spacial score (nSPS) is 11.9. The molecule has 1 atom stereocenters. The molecule has 3 aromatic carbocycles. The Morgan fingerprint density at radius 1 is 0.889 bits per heavy atom. The summed E-state index contributed by atoms with van der Waals surface area (Å²) in [5.74, 6) is 0. The van der Waals surface area contributed by atoms with Gasteiger partial charge in [0.15, 0.2) is 0 Å². The summed E-state index contributed by atoms with van der Waals surface area (Å²) in [6.07, 6.45) is 0.900. The highest BCUT2D eigenvalue weighted by atomic mass is 16.6. The fraction of sp³-hybridized carbons (Fsp3) is 0.217. The molecule has 1 N–H and O–H groups in total. The van der Waals surface area contributed by atoms with Crippen molar-refractivity contribution in [2.75, 3.05) is 6.54 Å². The molecule has 4 nitrogen and oxygen atoms in total. The first-order valence-corrected chi connectivity index (χ1v) is 9.13. The van der Waals surface area contributed by atoms with E-state index in [0.717, 1.165) is 24.1 Å². The van der Waals surface area contributed by atoms with Crippen molar-refractivity contribution in [1.29, 1.82) is 0 Å². The van der Waals surface area contributed by atoms with Crippen molar-refractivity contribution in [2.45, 2.75) is 26.3 Å². The van der Waals surface area contributed by atoms with E-state index >= 15 is 0 Å². The summed E-state index contributed by atoms with van der Waals surface area (Å²) < 4.78 is 0. The monoisotopic (exact) mass is 360 g/mol. The van der Waals surface area contributed by atoms with Gasteiger partial charge in [-0.1, -0.05) is 60.7 Å². The first kappa shape index (κ1) is 18.8. The van der Waals surface area contributed by atoms with Gasteiger partial charge in [-0.05, 0) is 48.1 Å². The summed E-state index contributed by atoms with van der Waals surface area (Å²) in [5, 5.41) is 14.8. The molecule has 27 heavy (non-hydrogen) atoms. The molecule has 3 rings (SSSR count). The molecular weight excluding hydrogens is 336 g/mol. The highest BCUT2D eigenvalue weighted by molar-refractivity contribution is 5.42. The lowest BCUT2D eigenvalue weighted by molar-refractivity contribution is -0.384. The molecule has 0 fully saturated rings. The maximum atomic E-state index is 11.2. The summed E-state index contributed by atoms with van der Waals surface area (Å²) >= 11 is 0. The zero-order valence-corrected chi connectivity index (χ0v) is 15.7. The molecular formula is C23H24N2O2. The minimum absolute atomic E-state index is 0.0899. The number of benzene rings is 3. The first-order valence-electron chi connectivity index (χ1n) is 9.13. The Labute approximate surface area is 160 Å². The minimum atomic E-state index is -0.342. The van der Waals surface area contributed by atoms with Crippen LogP contribution in [0.2, 0.25) is 0 Å². The lowest BCUT2D eigenvalue weighted by Crippen LogP contribution is -2.25. The molecule has 0 bridgehead atoms. The molecule has 0 heterocycles. The second kappa shape index (κ2) is 8.60. The van der Waals surface area contributed by atoms with Crippen molar-refractivity contribution in [1.82, 2.24) is 5.32 Å². The lowest BCUT2D eigenvalue weighted by atomic mass is 9.95. The molecule has 0 aliphatic heterocycles. The van der Waals surface area contributed by atoms with Crippen molar-refractivity contribution in [2.24, 2.45) is 0 Å². The van der Waals surface area contributed by atoms with Gasteiger partial charge in [0.05, 0.1) is 11.0 Å². The molecule has 3 aromatic rings. The van der Waals surface area contributed by atoms with Crippen molar-refractivity contribution in [3.8, 4) is 0 Å². The zero-order chi connectivity index (χ0) is 19.2. The number of non-ortho nitro benzene ring substituents is 1. The van der Waals surface area contributed by atoms with E-state index in [-0.39, 0.29) is 16.7 Å². The summed E-state index contributed by atoms with van der Waals surface area (Å²) in [5.41, 5.74) is 5.86. The van der Waals surface area contributed by atoms with Crippen LogP contribution in [0, 0.1) is 24.0 Å². The number of hydrogen-bond donors (Lipinski definition) is 1. The molecule has 0 aliphatic carbocycles. The topological polar surface area (TPSA) is 55.2 Å². The maximum absolute atomic E-state index is 11.2. The summed E-state index contributed by atoms with van der Waals surface area (Å²) in [6.45, 7) is 4.96. The van der Waals surface area contributed by atoms with Crippen molar-refractivity contribution in [3.05, 3.63) is 111 Å². The average Bonchev–Trinajstić information content (AvgIpc) is 2.68. The van der Waals surface area contributed by atoms with Crippen LogP contribution in [0.1, 0.15) is 33.9 Å². The predicted molar refractivity (Wildman–Crippen MR) is 109 cm³/mol. The van der Waals surface area contributed by atoms with E-state index < -0.39 is 0 Å². The van der Waals surface area contributed by atoms with Crippen molar-refractivity contribution < 1.29 is 4.92 Å². The Balaban J connectivity index is 1.87. The Morgan fingerprint density at radius 3 is 2.33 bits per heavy atom. The van der Waals surface area contributed by atoms with Gasteiger partial charge in [-0.3, -0.25) is 10.1 Å². The van der Waals surface area contributed by atoms with E-state index in [1.807, 2.05) is 24.3 Å². The van der Waals surface area contributed by atoms with Crippen LogP contribution in [0.4, 0.5) is 5.69 Å². The van der Waals surface area contributed by atoms with Crippen LogP contribution in [0.15, 0.2) is 72.8 Å². The van der Waals surface area contributed by atoms with Crippen LogP contribution < -0.4 is 5.32 Å². The number of hydrogen-bond acceptors (Lipinski definition) is 3. The van der Waals surface area contributed by atoms with Gasteiger partial charge in [0, 0.05) is 18.7 Å². The van der Waals surface area contributed by atoms with Crippen LogP contribution in [0.25, 0.3) is 0 Å². The second-order valence-electron chi connectivity index (χ2n) is 6.82. The Hall–Kier alpha value is -2.98. The maximum Gasteiger partial charge on any atom is 0.269 e. The molecule has 0 aliphatic rings. The van der Waals surface area contributed by atoms with Crippen LogP contribution in [0.5, 0.6) is 0 Å². The average molecular weight is 360 g/mol. The molecule has 1 unspecified atom stereocenters. The molecule has 0 saturated heterocycles. The molecule has 0 radical (unpaired) electrons. The summed E-state index contributed by atoms with van der Waals surface area (Å²) in [7, 11) is 0.